The molecule has 9 heteroatoms. The second-order valence-electron chi connectivity index (χ2n) is 5.51. The molecule has 0 aliphatic carbocycles. The standard InChI is InChI=1S/C18H11ClF3NO3S/c19-11-1-2-16(26-7-10-5-14(21)15(22)6-13(10)20)9(3-11)4-12-8-27-17(23-12)18(24)25/h1-3,5-6,8H,4,7H2,(H,24,25)/p-1. The van der Waals surface area contributed by atoms with Gasteiger partial charge in [-0.05, 0) is 24.3 Å². The van der Waals surface area contributed by atoms with Crippen LogP contribution >= 0.6 is 22.9 Å². The average molecular weight is 413 g/mol. The molecule has 1 heterocycles. The first-order valence-electron chi connectivity index (χ1n) is 7.54. The van der Waals surface area contributed by atoms with Gasteiger partial charge in [-0.25, -0.2) is 18.2 Å². The summed E-state index contributed by atoms with van der Waals surface area (Å²) in [5, 5.41) is 12.6. The predicted octanol–water partition coefficient (Wildman–Crippen LogP) is 3.75. The van der Waals surface area contributed by atoms with Gasteiger partial charge in [-0.1, -0.05) is 11.6 Å². The number of carboxylic acids is 1. The Morgan fingerprint density at radius 3 is 2.56 bits per heavy atom. The van der Waals surface area contributed by atoms with Gasteiger partial charge in [0.2, 0.25) is 0 Å². The van der Waals surface area contributed by atoms with Crippen LogP contribution in [0.25, 0.3) is 0 Å². The van der Waals surface area contributed by atoms with Crippen molar-refractivity contribution in [3.8, 4) is 5.75 Å². The van der Waals surface area contributed by atoms with Gasteiger partial charge in [0, 0.05) is 34.0 Å². The van der Waals surface area contributed by atoms with E-state index in [1.165, 1.54) is 0 Å². The third-order valence-electron chi connectivity index (χ3n) is 3.59. The number of hydrogen-bond acceptors (Lipinski definition) is 5. The number of carbonyl (C=O) groups excluding carboxylic acids is 1. The van der Waals surface area contributed by atoms with E-state index in [2.05, 4.69) is 4.98 Å². The largest absolute Gasteiger partial charge is 0.542 e. The smallest absolute Gasteiger partial charge is 0.161 e. The summed E-state index contributed by atoms with van der Waals surface area (Å²) in [5.41, 5.74) is 0.883. The molecule has 140 valence electrons. The number of nitrogens with zero attached hydrogens (tertiary/aromatic N) is 1. The topological polar surface area (TPSA) is 62.2 Å². The third kappa shape index (κ3) is 4.58. The number of rotatable bonds is 6. The zero-order valence-corrected chi connectivity index (χ0v) is 15.0. The van der Waals surface area contributed by atoms with Crippen LogP contribution < -0.4 is 9.84 Å². The van der Waals surface area contributed by atoms with Crippen LogP contribution in [0.5, 0.6) is 5.75 Å². The van der Waals surface area contributed by atoms with Crippen LogP contribution in [-0.2, 0) is 13.0 Å². The monoisotopic (exact) mass is 412 g/mol. The highest BCUT2D eigenvalue weighted by Gasteiger charge is 2.13. The van der Waals surface area contributed by atoms with Gasteiger partial charge in [-0.3, -0.25) is 0 Å². The summed E-state index contributed by atoms with van der Waals surface area (Å²) < 4.78 is 45.6. The molecule has 27 heavy (non-hydrogen) atoms. The van der Waals surface area contributed by atoms with Crippen LogP contribution in [0.2, 0.25) is 5.02 Å². The minimum Gasteiger partial charge on any atom is -0.542 e. The van der Waals surface area contributed by atoms with Crippen molar-refractivity contribution in [3.05, 3.63) is 80.0 Å². The Morgan fingerprint density at radius 2 is 1.85 bits per heavy atom. The van der Waals surface area contributed by atoms with Crippen molar-refractivity contribution in [3.63, 3.8) is 0 Å². The average Bonchev–Trinajstić information content (AvgIpc) is 3.07. The van der Waals surface area contributed by atoms with E-state index in [1.54, 1.807) is 23.6 Å². The zero-order valence-electron chi connectivity index (χ0n) is 13.5. The highest BCUT2D eigenvalue weighted by atomic mass is 35.5. The zero-order chi connectivity index (χ0) is 19.6. The minimum absolute atomic E-state index is 0.150. The lowest BCUT2D eigenvalue weighted by Gasteiger charge is -2.12. The number of aromatic nitrogens is 1. The molecular formula is C18H10ClF3NO3S-. The van der Waals surface area contributed by atoms with Crippen LogP contribution in [0.15, 0.2) is 35.7 Å². The number of ether oxygens (including phenoxy) is 1. The van der Waals surface area contributed by atoms with Gasteiger partial charge in [0.25, 0.3) is 0 Å². The van der Waals surface area contributed by atoms with E-state index in [4.69, 9.17) is 16.3 Å². The van der Waals surface area contributed by atoms with Gasteiger partial charge in [0.05, 0.1) is 5.69 Å². The van der Waals surface area contributed by atoms with Crippen molar-refractivity contribution in [2.75, 3.05) is 0 Å². The lowest BCUT2D eigenvalue weighted by atomic mass is 10.1. The normalized spacial score (nSPS) is 10.8. The molecule has 0 amide bonds. The molecule has 4 nitrogen and oxygen atoms in total. The van der Waals surface area contributed by atoms with E-state index >= 15 is 0 Å². The Kier molecular flexibility index (Phi) is 5.67. The molecule has 0 saturated carbocycles. The Labute approximate surface area is 160 Å². The number of carbonyl (C=O) groups is 1. The van der Waals surface area contributed by atoms with Crippen molar-refractivity contribution in [1.82, 2.24) is 4.98 Å². The van der Waals surface area contributed by atoms with Gasteiger partial charge in [-0.2, -0.15) is 0 Å². The molecule has 0 fully saturated rings. The first-order valence-corrected chi connectivity index (χ1v) is 8.79. The van der Waals surface area contributed by atoms with Crippen molar-refractivity contribution >= 4 is 28.9 Å². The molecule has 0 saturated heterocycles. The molecule has 0 aliphatic rings. The lowest BCUT2D eigenvalue weighted by Crippen LogP contribution is -2.21. The van der Waals surface area contributed by atoms with Crippen LogP contribution in [0.4, 0.5) is 13.2 Å². The molecule has 1 aromatic heterocycles. The van der Waals surface area contributed by atoms with Gasteiger partial charge in [0.15, 0.2) is 11.6 Å². The Bertz CT molecular complexity index is 1010. The summed E-state index contributed by atoms with van der Waals surface area (Å²) >= 11 is 6.92. The number of thiazole rings is 1. The van der Waals surface area contributed by atoms with Gasteiger partial charge < -0.3 is 14.6 Å². The summed E-state index contributed by atoms with van der Waals surface area (Å²) in [6.07, 6.45) is 0.208. The SMILES string of the molecule is O=C([O-])c1nc(Cc2cc(Cl)ccc2OCc2cc(F)c(F)cc2F)cs1. The third-order valence-corrected chi connectivity index (χ3v) is 4.70. The summed E-state index contributed by atoms with van der Waals surface area (Å²) in [6.45, 7) is -0.334. The van der Waals surface area contributed by atoms with Crippen molar-refractivity contribution in [1.29, 1.82) is 0 Å². The second-order valence-corrected chi connectivity index (χ2v) is 6.80. The molecule has 0 spiro atoms. The maximum Gasteiger partial charge on any atom is 0.161 e. The fourth-order valence-corrected chi connectivity index (χ4v) is 3.18. The predicted molar refractivity (Wildman–Crippen MR) is 91.4 cm³/mol. The molecule has 2 aromatic carbocycles. The van der Waals surface area contributed by atoms with Gasteiger partial charge in [0.1, 0.15) is 29.2 Å². The van der Waals surface area contributed by atoms with E-state index in [-0.39, 0.29) is 23.6 Å². The molecule has 3 rings (SSSR count). The Morgan fingerprint density at radius 1 is 1.11 bits per heavy atom. The van der Waals surface area contributed by atoms with E-state index < -0.39 is 23.4 Å². The number of benzene rings is 2. The fraction of sp³-hybridized carbons (Fsp3) is 0.111. The number of halogens is 4. The highest BCUT2D eigenvalue weighted by Crippen LogP contribution is 2.27. The maximum absolute atomic E-state index is 13.7. The van der Waals surface area contributed by atoms with Crippen LogP contribution in [0.1, 0.15) is 26.6 Å². The van der Waals surface area contributed by atoms with Crippen molar-refractivity contribution in [2.24, 2.45) is 0 Å². The van der Waals surface area contributed by atoms with Gasteiger partial charge in [-0.15, -0.1) is 11.3 Å². The summed E-state index contributed by atoms with van der Waals surface area (Å²) in [7, 11) is 0. The Hall–Kier alpha value is -2.58. The van der Waals surface area contributed by atoms with Crippen molar-refractivity contribution < 1.29 is 27.8 Å². The molecular weight excluding hydrogens is 403 g/mol. The second kappa shape index (κ2) is 7.98. The first kappa shape index (κ1) is 19.2. The van der Waals surface area contributed by atoms with E-state index in [1.807, 2.05) is 0 Å². The summed E-state index contributed by atoms with van der Waals surface area (Å²) in [5.74, 6) is -4.43. The number of carboxylic acid groups (broad SMARTS) is 1. The number of hydrogen-bond donors (Lipinski definition) is 0. The first-order chi connectivity index (χ1) is 12.8. The quantitative estimate of drug-likeness (QED) is 0.578. The lowest BCUT2D eigenvalue weighted by molar-refractivity contribution is -0.255. The summed E-state index contributed by atoms with van der Waals surface area (Å²) in [6, 6.07) is 5.87. The Balaban J connectivity index is 1.81. The van der Waals surface area contributed by atoms with Crippen LogP contribution in [0.3, 0.4) is 0 Å². The molecule has 0 unspecified atom stereocenters. The highest BCUT2D eigenvalue weighted by molar-refractivity contribution is 7.11. The molecule has 0 aliphatic heterocycles. The molecule has 0 atom stereocenters. The van der Waals surface area contributed by atoms with Crippen LogP contribution in [0, 0.1) is 17.5 Å². The number of aromatic carboxylic acids is 1. The molecule has 0 N–H and O–H groups in total. The van der Waals surface area contributed by atoms with E-state index in [0.29, 0.717) is 28.1 Å². The molecule has 0 bridgehead atoms. The van der Waals surface area contributed by atoms with Crippen LogP contribution in [-0.4, -0.2) is 11.0 Å². The summed E-state index contributed by atoms with van der Waals surface area (Å²) in [4.78, 5) is 14.8. The maximum atomic E-state index is 13.7. The fourth-order valence-electron chi connectivity index (χ4n) is 2.33. The van der Waals surface area contributed by atoms with E-state index in [9.17, 15) is 23.1 Å². The molecule has 3 aromatic rings. The van der Waals surface area contributed by atoms with E-state index in [0.717, 1.165) is 17.4 Å². The minimum atomic E-state index is -1.37. The molecule has 0 radical (unpaired) electrons. The van der Waals surface area contributed by atoms with Crippen molar-refractivity contribution in [2.45, 2.75) is 13.0 Å². The van der Waals surface area contributed by atoms with Gasteiger partial charge >= 0.3 is 0 Å².